The van der Waals surface area contributed by atoms with Crippen LogP contribution in [0.15, 0.2) is 36.5 Å². The number of unbranched alkanes of at least 4 members (excludes halogenated alkanes) is 4. The number of rotatable bonds is 16. The smallest absolute Gasteiger partial charge is 0.213 e. The summed E-state index contributed by atoms with van der Waals surface area (Å²) in [6, 6.07) is 10.9. The van der Waals surface area contributed by atoms with Crippen molar-refractivity contribution in [2.75, 3.05) is 26.4 Å². The van der Waals surface area contributed by atoms with Crippen molar-refractivity contribution in [3.63, 3.8) is 0 Å². The van der Waals surface area contributed by atoms with Crippen molar-refractivity contribution in [1.82, 2.24) is 0 Å². The molecule has 0 atom stereocenters. The van der Waals surface area contributed by atoms with E-state index in [9.17, 15) is 0 Å². The Morgan fingerprint density at radius 2 is 1.23 bits per heavy atom. The molecule has 214 valence electrons. The molecule has 0 spiro atoms. The van der Waals surface area contributed by atoms with E-state index in [0.29, 0.717) is 19.8 Å². The van der Waals surface area contributed by atoms with Gasteiger partial charge in [-0.3, -0.25) is 0 Å². The normalized spacial score (nSPS) is 11.9. The number of halogens is 1. The largest absolute Gasteiger partial charge is 1.00 e. The molecule has 0 unspecified atom stereocenters. The van der Waals surface area contributed by atoms with Crippen molar-refractivity contribution in [2.24, 2.45) is 0 Å². The molecule has 0 aliphatic carbocycles. The van der Waals surface area contributed by atoms with E-state index in [1.165, 1.54) is 16.8 Å². The number of hydrogen-bond donors (Lipinski definition) is 0. The lowest BCUT2D eigenvalue weighted by atomic mass is 9.95. The van der Waals surface area contributed by atoms with Crippen molar-refractivity contribution in [1.29, 1.82) is 0 Å². The number of aromatic nitrogens is 1. The molecule has 0 saturated carbocycles. The minimum atomic E-state index is 0. The fraction of sp³-hybridized carbons (Fsp3) is 0.545. The summed E-state index contributed by atoms with van der Waals surface area (Å²) >= 11 is 0. The molecule has 39 heavy (non-hydrogen) atoms. The SMILES string of the molecule is CCCCOc1cc2c(cc1OCCCC)-c1cc3ccc(OCCCC)c(OCCCC)c3c[n+]1CC2.[Cl-]. The van der Waals surface area contributed by atoms with Crippen LogP contribution < -0.4 is 35.9 Å². The first-order valence-electron chi connectivity index (χ1n) is 14.9. The molecule has 0 fully saturated rings. The van der Waals surface area contributed by atoms with Gasteiger partial charge in [-0.2, -0.15) is 4.57 Å². The van der Waals surface area contributed by atoms with Crippen LogP contribution in [0, 0.1) is 0 Å². The van der Waals surface area contributed by atoms with Gasteiger partial charge in [-0.1, -0.05) is 53.4 Å². The second kappa shape index (κ2) is 15.8. The Bertz CT molecular complexity index is 1200. The van der Waals surface area contributed by atoms with Gasteiger partial charge >= 0.3 is 0 Å². The first-order chi connectivity index (χ1) is 18.7. The fourth-order valence-electron chi connectivity index (χ4n) is 4.80. The van der Waals surface area contributed by atoms with Gasteiger partial charge in [-0.25, -0.2) is 0 Å². The molecule has 5 nitrogen and oxygen atoms in total. The molecular formula is C33H46ClNO4. The van der Waals surface area contributed by atoms with E-state index in [-0.39, 0.29) is 12.4 Å². The predicted octanol–water partition coefficient (Wildman–Crippen LogP) is 5.07. The molecule has 3 aromatic rings. The van der Waals surface area contributed by atoms with Crippen LogP contribution in [0.25, 0.3) is 22.0 Å². The van der Waals surface area contributed by atoms with Gasteiger partial charge in [0.2, 0.25) is 5.69 Å². The van der Waals surface area contributed by atoms with Crippen LogP contribution in [0.1, 0.15) is 84.6 Å². The lowest BCUT2D eigenvalue weighted by molar-refractivity contribution is -0.686. The summed E-state index contributed by atoms with van der Waals surface area (Å²) in [5.41, 5.74) is 3.75. The number of benzene rings is 2. The van der Waals surface area contributed by atoms with Crippen LogP contribution >= 0.6 is 0 Å². The number of aryl methyl sites for hydroxylation is 2. The maximum absolute atomic E-state index is 6.34. The Hall–Kier alpha value is -2.66. The van der Waals surface area contributed by atoms with E-state index in [0.717, 1.165) is 105 Å². The molecule has 1 aromatic heterocycles. The molecule has 2 aromatic carbocycles. The van der Waals surface area contributed by atoms with Gasteiger partial charge in [0.15, 0.2) is 35.7 Å². The summed E-state index contributed by atoms with van der Waals surface area (Å²) < 4.78 is 27.3. The first kappa shape index (κ1) is 30.9. The van der Waals surface area contributed by atoms with Gasteiger partial charge in [0.05, 0.1) is 37.4 Å². The van der Waals surface area contributed by atoms with Crippen LogP contribution in [0.3, 0.4) is 0 Å². The molecule has 0 saturated heterocycles. The molecule has 4 rings (SSSR count). The Morgan fingerprint density at radius 3 is 1.85 bits per heavy atom. The number of nitrogens with zero attached hydrogens (tertiary/aromatic N) is 1. The van der Waals surface area contributed by atoms with E-state index in [1.807, 2.05) is 0 Å². The molecule has 0 bridgehead atoms. The summed E-state index contributed by atoms with van der Waals surface area (Å²) in [7, 11) is 0. The monoisotopic (exact) mass is 555 g/mol. The summed E-state index contributed by atoms with van der Waals surface area (Å²) in [4.78, 5) is 0. The van der Waals surface area contributed by atoms with E-state index in [1.54, 1.807) is 0 Å². The highest BCUT2D eigenvalue weighted by Crippen LogP contribution is 2.40. The minimum Gasteiger partial charge on any atom is -1.00 e. The lowest BCUT2D eigenvalue weighted by Crippen LogP contribution is -3.00. The molecule has 1 aliphatic heterocycles. The highest BCUT2D eigenvalue weighted by Gasteiger charge is 2.27. The van der Waals surface area contributed by atoms with Crippen LogP contribution in [0.2, 0.25) is 0 Å². The van der Waals surface area contributed by atoms with Crippen LogP contribution in [0.4, 0.5) is 0 Å². The molecular weight excluding hydrogens is 510 g/mol. The van der Waals surface area contributed by atoms with Crippen molar-refractivity contribution in [3.05, 3.63) is 42.1 Å². The van der Waals surface area contributed by atoms with Crippen molar-refractivity contribution >= 4 is 10.8 Å². The molecule has 2 heterocycles. The van der Waals surface area contributed by atoms with Gasteiger partial charge in [0.25, 0.3) is 0 Å². The van der Waals surface area contributed by atoms with E-state index in [2.05, 4.69) is 68.8 Å². The number of ether oxygens (including phenoxy) is 4. The summed E-state index contributed by atoms with van der Waals surface area (Å²) in [5, 5.41) is 2.27. The van der Waals surface area contributed by atoms with Gasteiger partial charge < -0.3 is 31.4 Å². The van der Waals surface area contributed by atoms with Crippen molar-refractivity contribution < 1.29 is 35.9 Å². The third-order valence-electron chi connectivity index (χ3n) is 7.16. The first-order valence-corrected chi connectivity index (χ1v) is 14.9. The maximum atomic E-state index is 6.34. The third kappa shape index (κ3) is 7.72. The topological polar surface area (TPSA) is 40.8 Å². The van der Waals surface area contributed by atoms with Crippen molar-refractivity contribution in [3.8, 4) is 34.3 Å². The van der Waals surface area contributed by atoms with E-state index < -0.39 is 0 Å². The zero-order valence-corrected chi connectivity index (χ0v) is 25.1. The summed E-state index contributed by atoms with van der Waals surface area (Å²) in [5.74, 6) is 3.45. The van der Waals surface area contributed by atoms with Gasteiger partial charge in [-0.05, 0) is 60.9 Å². The van der Waals surface area contributed by atoms with Gasteiger partial charge in [0, 0.05) is 12.5 Å². The standard InChI is InChI=1S/C33H46NO4.ClH/c1-5-9-17-35-30-14-13-25-21-29-27-23-32(37-19-11-7-3)31(36-18-10-6-2)22-26(27)15-16-34(29)24-28(25)33(30)38-20-12-8-4;/h13-14,21-24H,5-12,15-20H2,1-4H3;1H/q+1;/p-1. The Labute approximate surface area is 241 Å². The van der Waals surface area contributed by atoms with Crippen LogP contribution in [-0.2, 0) is 13.0 Å². The number of hydrogen-bond acceptors (Lipinski definition) is 4. The highest BCUT2D eigenvalue weighted by molar-refractivity contribution is 5.91. The second-order valence-corrected chi connectivity index (χ2v) is 10.3. The van der Waals surface area contributed by atoms with Crippen molar-refractivity contribution in [2.45, 2.75) is 92.0 Å². The zero-order chi connectivity index (χ0) is 26.7. The van der Waals surface area contributed by atoms with E-state index in [4.69, 9.17) is 18.9 Å². The molecule has 6 heteroatoms. The lowest BCUT2D eigenvalue weighted by Gasteiger charge is -2.20. The summed E-state index contributed by atoms with van der Waals surface area (Å²) in [6.07, 6.45) is 11.8. The van der Waals surface area contributed by atoms with Gasteiger partial charge in [0.1, 0.15) is 0 Å². The molecule has 0 amide bonds. The average molecular weight is 556 g/mol. The average Bonchev–Trinajstić information content (AvgIpc) is 2.93. The third-order valence-corrected chi connectivity index (χ3v) is 7.16. The molecule has 0 radical (unpaired) electrons. The highest BCUT2D eigenvalue weighted by atomic mass is 35.5. The Balaban J connectivity index is 0.00000420. The van der Waals surface area contributed by atoms with Gasteiger partial charge in [-0.15, -0.1) is 0 Å². The Kier molecular flexibility index (Phi) is 12.5. The zero-order valence-electron chi connectivity index (χ0n) is 24.3. The Morgan fingerprint density at radius 1 is 0.667 bits per heavy atom. The molecule has 0 N–H and O–H groups in total. The van der Waals surface area contributed by atoms with Crippen LogP contribution in [0.5, 0.6) is 23.0 Å². The quantitative estimate of drug-likeness (QED) is 0.183. The molecule has 1 aliphatic rings. The second-order valence-electron chi connectivity index (χ2n) is 10.3. The van der Waals surface area contributed by atoms with Crippen LogP contribution in [-0.4, -0.2) is 26.4 Å². The van der Waals surface area contributed by atoms with E-state index >= 15 is 0 Å². The number of pyridine rings is 1. The predicted molar refractivity (Wildman–Crippen MR) is 155 cm³/mol. The number of fused-ring (bicyclic) bond motifs is 4. The summed E-state index contributed by atoms with van der Waals surface area (Å²) in [6.45, 7) is 12.5. The fourth-order valence-corrected chi connectivity index (χ4v) is 4.80. The maximum Gasteiger partial charge on any atom is 0.213 e. The minimum absolute atomic E-state index is 0.